The SMILES string of the molecule is CC(C)Cn1nc(C(=O)O[C@H](C)C(N)=O)c2ccccc2c1=O. The smallest absolute Gasteiger partial charge is 0.360 e. The largest absolute Gasteiger partial charge is 0.448 e. The number of rotatable bonds is 5. The quantitative estimate of drug-likeness (QED) is 0.831. The van der Waals surface area contributed by atoms with Crippen LogP contribution in [-0.4, -0.2) is 27.8 Å². The van der Waals surface area contributed by atoms with Crippen molar-refractivity contribution in [2.75, 3.05) is 0 Å². The Morgan fingerprint density at radius 1 is 1.22 bits per heavy atom. The molecule has 1 aromatic carbocycles. The second-order valence-electron chi connectivity index (χ2n) is 5.73. The molecule has 0 spiro atoms. The van der Waals surface area contributed by atoms with Gasteiger partial charge in [-0.25, -0.2) is 9.48 Å². The first kappa shape index (κ1) is 16.7. The number of hydrogen-bond donors (Lipinski definition) is 1. The van der Waals surface area contributed by atoms with Crippen LogP contribution in [-0.2, 0) is 16.1 Å². The van der Waals surface area contributed by atoms with Crippen LogP contribution in [0.3, 0.4) is 0 Å². The van der Waals surface area contributed by atoms with E-state index in [1.165, 1.54) is 11.6 Å². The molecule has 7 heteroatoms. The second-order valence-corrected chi connectivity index (χ2v) is 5.73. The maximum Gasteiger partial charge on any atom is 0.360 e. The molecule has 0 bridgehead atoms. The number of esters is 1. The van der Waals surface area contributed by atoms with Crippen molar-refractivity contribution in [2.45, 2.75) is 33.4 Å². The summed E-state index contributed by atoms with van der Waals surface area (Å²) >= 11 is 0. The number of ether oxygens (including phenoxy) is 1. The molecule has 0 radical (unpaired) electrons. The van der Waals surface area contributed by atoms with Gasteiger partial charge in [0.1, 0.15) is 0 Å². The Kier molecular flexibility index (Phi) is 4.78. The van der Waals surface area contributed by atoms with E-state index in [-0.39, 0.29) is 17.2 Å². The van der Waals surface area contributed by atoms with Crippen molar-refractivity contribution in [2.24, 2.45) is 11.7 Å². The minimum Gasteiger partial charge on any atom is -0.448 e. The Morgan fingerprint density at radius 3 is 2.39 bits per heavy atom. The number of primary amides is 1. The molecule has 23 heavy (non-hydrogen) atoms. The molecule has 0 unspecified atom stereocenters. The van der Waals surface area contributed by atoms with Crippen molar-refractivity contribution < 1.29 is 14.3 Å². The van der Waals surface area contributed by atoms with E-state index >= 15 is 0 Å². The van der Waals surface area contributed by atoms with Gasteiger partial charge in [0.05, 0.1) is 5.39 Å². The van der Waals surface area contributed by atoms with Crippen molar-refractivity contribution in [1.82, 2.24) is 9.78 Å². The summed E-state index contributed by atoms with van der Waals surface area (Å²) in [4.78, 5) is 35.8. The maximum atomic E-state index is 12.4. The number of hydrogen-bond acceptors (Lipinski definition) is 5. The van der Waals surface area contributed by atoms with Gasteiger partial charge in [0.2, 0.25) is 0 Å². The number of nitrogens with two attached hydrogens (primary N) is 1. The molecule has 2 aromatic rings. The van der Waals surface area contributed by atoms with Crippen LogP contribution >= 0.6 is 0 Å². The second kappa shape index (κ2) is 6.60. The number of nitrogens with zero attached hydrogens (tertiary/aromatic N) is 2. The summed E-state index contributed by atoms with van der Waals surface area (Å²) in [7, 11) is 0. The fraction of sp³-hybridized carbons (Fsp3) is 0.375. The molecular weight excluding hydrogens is 298 g/mol. The fourth-order valence-corrected chi connectivity index (χ4v) is 2.13. The molecule has 1 aromatic heterocycles. The average molecular weight is 317 g/mol. The normalized spacial score (nSPS) is 12.3. The number of carbonyl (C=O) groups is 2. The Morgan fingerprint density at radius 2 is 1.83 bits per heavy atom. The van der Waals surface area contributed by atoms with Crippen LogP contribution in [0.4, 0.5) is 0 Å². The van der Waals surface area contributed by atoms with Gasteiger partial charge in [-0.05, 0) is 18.9 Å². The van der Waals surface area contributed by atoms with E-state index in [4.69, 9.17) is 10.5 Å². The van der Waals surface area contributed by atoms with Crippen LogP contribution in [0.5, 0.6) is 0 Å². The van der Waals surface area contributed by atoms with Crippen LogP contribution < -0.4 is 11.3 Å². The van der Waals surface area contributed by atoms with Gasteiger partial charge in [-0.1, -0.05) is 32.0 Å². The highest BCUT2D eigenvalue weighted by Gasteiger charge is 2.22. The highest BCUT2D eigenvalue weighted by molar-refractivity contribution is 6.02. The van der Waals surface area contributed by atoms with Crippen LogP contribution in [0.1, 0.15) is 31.3 Å². The summed E-state index contributed by atoms with van der Waals surface area (Å²) in [6, 6.07) is 6.66. The lowest BCUT2D eigenvalue weighted by molar-refractivity contribution is -0.125. The standard InChI is InChI=1S/C16H19N3O4/c1-9(2)8-19-15(21)12-7-5-4-6-11(12)13(18-19)16(22)23-10(3)14(17)20/h4-7,9-10H,8H2,1-3H3,(H2,17,20)/t10-/m1/s1. The fourth-order valence-electron chi connectivity index (χ4n) is 2.13. The van der Waals surface area contributed by atoms with E-state index in [1.54, 1.807) is 24.3 Å². The number of amides is 1. The Hall–Kier alpha value is -2.70. The molecule has 0 saturated heterocycles. The van der Waals surface area contributed by atoms with Crippen molar-refractivity contribution in [3.8, 4) is 0 Å². The van der Waals surface area contributed by atoms with Crippen molar-refractivity contribution in [3.63, 3.8) is 0 Å². The molecule has 1 atom stereocenters. The third kappa shape index (κ3) is 3.56. The zero-order chi connectivity index (χ0) is 17.1. The van der Waals surface area contributed by atoms with E-state index in [1.807, 2.05) is 13.8 Å². The van der Waals surface area contributed by atoms with Gasteiger partial charge < -0.3 is 10.5 Å². The first-order valence-corrected chi connectivity index (χ1v) is 7.31. The topological polar surface area (TPSA) is 104 Å². The van der Waals surface area contributed by atoms with Gasteiger partial charge in [-0.2, -0.15) is 5.10 Å². The zero-order valence-corrected chi connectivity index (χ0v) is 13.3. The summed E-state index contributed by atoms with van der Waals surface area (Å²) in [6.45, 7) is 5.63. The average Bonchev–Trinajstić information content (AvgIpc) is 2.49. The van der Waals surface area contributed by atoms with Crippen LogP contribution in [0, 0.1) is 5.92 Å². The van der Waals surface area contributed by atoms with Crippen LogP contribution in [0.15, 0.2) is 29.1 Å². The van der Waals surface area contributed by atoms with E-state index < -0.39 is 18.0 Å². The summed E-state index contributed by atoms with van der Waals surface area (Å²) in [5, 5.41) is 4.90. The minimum atomic E-state index is -1.08. The lowest BCUT2D eigenvalue weighted by Gasteiger charge is -2.13. The summed E-state index contributed by atoms with van der Waals surface area (Å²) in [5.41, 5.74) is 4.83. The van der Waals surface area contributed by atoms with Crippen LogP contribution in [0.25, 0.3) is 10.8 Å². The Bertz CT molecular complexity index is 811. The van der Waals surface area contributed by atoms with E-state index in [0.717, 1.165) is 0 Å². The van der Waals surface area contributed by atoms with Gasteiger partial charge in [0, 0.05) is 11.9 Å². The molecule has 0 aliphatic rings. The zero-order valence-electron chi connectivity index (χ0n) is 13.3. The number of carbonyl (C=O) groups excluding carboxylic acids is 2. The highest BCUT2D eigenvalue weighted by atomic mass is 16.5. The van der Waals surface area contributed by atoms with Gasteiger partial charge in [0.15, 0.2) is 11.8 Å². The first-order chi connectivity index (χ1) is 10.8. The van der Waals surface area contributed by atoms with Crippen molar-refractivity contribution >= 4 is 22.6 Å². The lowest BCUT2D eigenvalue weighted by Crippen LogP contribution is -2.32. The third-order valence-corrected chi connectivity index (χ3v) is 3.28. The monoisotopic (exact) mass is 317 g/mol. The molecule has 0 aliphatic carbocycles. The Balaban J connectivity index is 2.57. The summed E-state index contributed by atoms with van der Waals surface area (Å²) in [5.74, 6) is -1.36. The van der Waals surface area contributed by atoms with Crippen molar-refractivity contribution in [1.29, 1.82) is 0 Å². The molecule has 2 N–H and O–H groups in total. The van der Waals surface area contributed by atoms with Gasteiger partial charge in [0.25, 0.3) is 11.5 Å². The molecule has 2 rings (SSSR count). The highest BCUT2D eigenvalue weighted by Crippen LogP contribution is 2.15. The molecule has 0 aliphatic heterocycles. The minimum absolute atomic E-state index is 0.00560. The Labute approximate surface area is 133 Å². The molecule has 0 saturated carbocycles. The van der Waals surface area contributed by atoms with E-state index in [2.05, 4.69) is 5.10 Å². The lowest BCUT2D eigenvalue weighted by atomic mass is 10.1. The number of benzene rings is 1. The molecular formula is C16H19N3O4. The number of fused-ring (bicyclic) bond motifs is 1. The van der Waals surface area contributed by atoms with E-state index in [9.17, 15) is 14.4 Å². The van der Waals surface area contributed by atoms with Gasteiger partial charge in [-0.3, -0.25) is 9.59 Å². The van der Waals surface area contributed by atoms with Crippen molar-refractivity contribution in [3.05, 3.63) is 40.3 Å². The predicted octanol–water partition coefficient (Wildman–Crippen LogP) is 1.08. The number of aromatic nitrogens is 2. The molecule has 122 valence electrons. The maximum absolute atomic E-state index is 12.4. The predicted molar refractivity (Wildman–Crippen MR) is 84.9 cm³/mol. The third-order valence-electron chi connectivity index (χ3n) is 3.28. The van der Waals surface area contributed by atoms with Gasteiger partial charge in [-0.15, -0.1) is 0 Å². The first-order valence-electron chi connectivity index (χ1n) is 7.31. The molecule has 1 amide bonds. The molecule has 7 nitrogen and oxygen atoms in total. The van der Waals surface area contributed by atoms with Crippen LogP contribution in [0.2, 0.25) is 0 Å². The summed E-state index contributed by atoms with van der Waals surface area (Å²) in [6.07, 6.45) is -1.08. The summed E-state index contributed by atoms with van der Waals surface area (Å²) < 4.78 is 6.26. The van der Waals surface area contributed by atoms with Gasteiger partial charge >= 0.3 is 5.97 Å². The molecule has 0 fully saturated rings. The molecule has 1 heterocycles. The van der Waals surface area contributed by atoms with E-state index in [0.29, 0.717) is 17.3 Å².